The number of phenolic OH excluding ortho intramolecular Hbond substituents is 1. The van der Waals surface area contributed by atoms with E-state index in [1.165, 1.54) is 11.3 Å². The van der Waals surface area contributed by atoms with Gasteiger partial charge in [0.05, 0.1) is 0 Å². The molecule has 2 aromatic carbocycles. The highest BCUT2D eigenvalue weighted by atomic mass is 32.1. The van der Waals surface area contributed by atoms with E-state index in [0.717, 1.165) is 21.2 Å². The molecule has 0 unspecified atom stereocenters. The second-order valence-electron chi connectivity index (χ2n) is 4.23. The standard InChI is InChI=1S/C15H12N2OS/c1-10-8-16-15(19-10)17-9-13-12-5-3-2-4-11(12)6-7-14(13)18/h2-9,18H,1H3/b17-9+. The normalized spacial score (nSPS) is 11.4. The van der Waals surface area contributed by atoms with Crippen LogP contribution in [0.2, 0.25) is 0 Å². The van der Waals surface area contributed by atoms with Crippen molar-refractivity contribution in [3.8, 4) is 5.75 Å². The molecular formula is C15H12N2OS. The predicted octanol–water partition coefficient (Wildman–Crippen LogP) is 4.06. The molecule has 0 fully saturated rings. The maximum absolute atomic E-state index is 9.98. The Morgan fingerprint density at radius 2 is 2.05 bits per heavy atom. The summed E-state index contributed by atoms with van der Waals surface area (Å²) in [5.74, 6) is 0.232. The summed E-state index contributed by atoms with van der Waals surface area (Å²) in [5.41, 5.74) is 0.728. The summed E-state index contributed by atoms with van der Waals surface area (Å²) in [6.07, 6.45) is 3.47. The number of fused-ring (bicyclic) bond motifs is 1. The molecule has 0 aliphatic rings. The lowest BCUT2D eigenvalue weighted by Crippen LogP contribution is -1.85. The highest BCUT2D eigenvalue weighted by molar-refractivity contribution is 7.15. The summed E-state index contributed by atoms with van der Waals surface area (Å²) in [4.78, 5) is 9.63. The van der Waals surface area contributed by atoms with Crippen LogP contribution in [-0.4, -0.2) is 16.3 Å². The van der Waals surface area contributed by atoms with Crippen molar-refractivity contribution in [1.29, 1.82) is 0 Å². The first-order valence-corrected chi connectivity index (χ1v) is 6.73. The van der Waals surface area contributed by atoms with Gasteiger partial charge in [0.1, 0.15) is 5.75 Å². The summed E-state index contributed by atoms with van der Waals surface area (Å²) in [7, 11) is 0. The maximum atomic E-state index is 9.98. The summed E-state index contributed by atoms with van der Waals surface area (Å²) in [5, 5.41) is 12.7. The highest BCUT2D eigenvalue weighted by Gasteiger charge is 2.04. The van der Waals surface area contributed by atoms with Crippen molar-refractivity contribution in [3.05, 3.63) is 53.0 Å². The van der Waals surface area contributed by atoms with Crippen LogP contribution < -0.4 is 0 Å². The molecule has 19 heavy (non-hydrogen) atoms. The number of aromatic hydroxyl groups is 1. The average molecular weight is 268 g/mol. The van der Waals surface area contributed by atoms with Crippen LogP contribution in [0.5, 0.6) is 5.75 Å². The fourth-order valence-corrected chi connectivity index (χ4v) is 2.55. The smallest absolute Gasteiger partial charge is 0.209 e. The molecule has 3 rings (SSSR count). The molecule has 1 aromatic heterocycles. The van der Waals surface area contributed by atoms with Gasteiger partial charge in [-0.2, -0.15) is 0 Å². The number of aromatic nitrogens is 1. The van der Waals surface area contributed by atoms with E-state index in [2.05, 4.69) is 9.98 Å². The van der Waals surface area contributed by atoms with E-state index in [1.54, 1.807) is 18.5 Å². The van der Waals surface area contributed by atoms with Crippen LogP contribution in [0.4, 0.5) is 5.13 Å². The lowest BCUT2D eigenvalue weighted by Gasteiger charge is -2.03. The van der Waals surface area contributed by atoms with Gasteiger partial charge in [-0.15, -0.1) is 11.3 Å². The molecule has 1 N–H and O–H groups in total. The molecule has 0 saturated heterocycles. The lowest BCUT2D eigenvalue weighted by atomic mass is 10.0. The van der Waals surface area contributed by atoms with E-state index in [1.807, 2.05) is 37.3 Å². The van der Waals surface area contributed by atoms with Crippen molar-refractivity contribution in [1.82, 2.24) is 4.98 Å². The van der Waals surface area contributed by atoms with Crippen LogP contribution in [0.25, 0.3) is 10.8 Å². The Balaban J connectivity index is 2.09. The SMILES string of the molecule is Cc1cnc(/N=C/c2c(O)ccc3ccccc23)s1. The first-order chi connectivity index (χ1) is 9.24. The Kier molecular flexibility index (Phi) is 3.01. The zero-order valence-corrected chi connectivity index (χ0v) is 11.2. The fourth-order valence-electron chi connectivity index (χ4n) is 1.94. The quantitative estimate of drug-likeness (QED) is 0.712. The number of phenols is 1. The third-order valence-corrected chi connectivity index (χ3v) is 3.68. The second kappa shape index (κ2) is 4.82. The maximum Gasteiger partial charge on any atom is 0.209 e. The van der Waals surface area contributed by atoms with Crippen LogP contribution >= 0.6 is 11.3 Å². The Labute approximate surface area is 114 Å². The van der Waals surface area contributed by atoms with Crippen LogP contribution in [-0.2, 0) is 0 Å². The predicted molar refractivity (Wildman–Crippen MR) is 79.7 cm³/mol. The van der Waals surface area contributed by atoms with E-state index in [4.69, 9.17) is 0 Å². The van der Waals surface area contributed by atoms with Crippen LogP contribution in [0.3, 0.4) is 0 Å². The minimum absolute atomic E-state index is 0.232. The molecule has 0 radical (unpaired) electrons. The van der Waals surface area contributed by atoms with Crippen molar-refractivity contribution >= 4 is 33.5 Å². The van der Waals surface area contributed by atoms with Gasteiger partial charge >= 0.3 is 0 Å². The Morgan fingerprint density at radius 1 is 1.21 bits per heavy atom. The number of nitrogens with zero attached hydrogens (tertiary/aromatic N) is 2. The largest absolute Gasteiger partial charge is 0.507 e. The molecule has 0 spiro atoms. The summed E-state index contributed by atoms with van der Waals surface area (Å²) >= 11 is 1.53. The molecule has 0 aliphatic heterocycles. The summed E-state index contributed by atoms with van der Waals surface area (Å²) in [6.45, 7) is 1.99. The summed E-state index contributed by atoms with van der Waals surface area (Å²) < 4.78 is 0. The van der Waals surface area contributed by atoms with Crippen LogP contribution in [0.1, 0.15) is 10.4 Å². The molecule has 0 amide bonds. The van der Waals surface area contributed by atoms with Crippen molar-refractivity contribution in [2.45, 2.75) is 6.92 Å². The highest BCUT2D eigenvalue weighted by Crippen LogP contribution is 2.27. The summed E-state index contributed by atoms with van der Waals surface area (Å²) in [6, 6.07) is 11.5. The van der Waals surface area contributed by atoms with E-state index < -0.39 is 0 Å². The topological polar surface area (TPSA) is 45.5 Å². The second-order valence-corrected chi connectivity index (χ2v) is 5.44. The average Bonchev–Trinajstić information content (AvgIpc) is 2.83. The molecule has 0 aliphatic carbocycles. The Hall–Kier alpha value is -2.20. The number of benzene rings is 2. The van der Waals surface area contributed by atoms with Gasteiger partial charge < -0.3 is 5.11 Å². The zero-order chi connectivity index (χ0) is 13.2. The zero-order valence-electron chi connectivity index (χ0n) is 10.4. The molecule has 0 bridgehead atoms. The minimum Gasteiger partial charge on any atom is -0.507 e. The number of rotatable bonds is 2. The van der Waals surface area contributed by atoms with Crippen molar-refractivity contribution in [3.63, 3.8) is 0 Å². The number of thiazole rings is 1. The van der Waals surface area contributed by atoms with Gasteiger partial charge in [0.25, 0.3) is 0 Å². The molecule has 1 heterocycles. The first-order valence-electron chi connectivity index (χ1n) is 5.91. The monoisotopic (exact) mass is 268 g/mol. The number of aliphatic imine (C=N–C) groups is 1. The van der Waals surface area contributed by atoms with Gasteiger partial charge in [-0.05, 0) is 23.8 Å². The molecule has 0 atom stereocenters. The van der Waals surface area contributed by atoms with E-state index in [9.17, 15) is 5.11 Å². The van der Waals surface area contributed by atoms with Gasteiger partial charge in [0.2, 0.25) is 5.13 Å². The van der Waals surface area contributed by atoms with E-state index in [-0.39, 0.29) is 5.75 Å². The fraction of sp³-hybridized carbons (Fsp3) is 0.0667. The van der Waals surface area contributed by atoms with Gasteiger partial charge in [-0.1, -0.05) is 30.3 Å². The lowest BCUT2D eigenvalue weighted by molar-refractivity contribution is 0.475. The van der Waals surface area contributed by atoms with Crippen LogP contribution in [0, 0.1) is 6.92 Å². The van der Waals surface area contributed by atoms with Gasteiger partial charge in [-0.3, -0.25) is 0 Å². The Morgan fingerprint density at radius 3 is 2.84 bits per heavy atom. The van der Waals surface area contributed by atoms with E-state index >= 15 is 0 Å². The third kappa shape index (κ3) is 2.35. The number of aryl methyl sites for hydroxylation is 1. The third-order valence-electron chi connectivity index (χ3n) is 2.86. The van der Waals surface area contributed by atoms with Gasteiger partial charge in [0.15, 0.2) is 0 Å². The molecule has 0 saturated carbocycles. The van der Waals surface area contributed by atoms with Gasteiger partial charge in [0, 0.05) is 22.9 Å². The van der Waals surface area contributed by atoms with Crippen LogP contribution in [0.15, 0.2) is 47.6 Å². The minimum atomic E-state index is 0.232. The molecular weight excluding hydrogens is 256 g/mol. The molecule has 3 nitrogen and oxygen atoms in total. The van der Waals surface area contributed by atoms with Crippen molar-refractivity contribution in [2.75, 3.05) is 0 Å². The number of hydrogen-bond acceptors (Lipinski definition) is 4. The molecule has 4 heteroatoms. The number of hydrogen-bond donors (Lipinski definition) is 1. The molecule has 94 valence electrons. The van der Waals surface area contributed by atoms with E-state index in [0.29, 0.717) is 5.13 Å². The van der Waals surface area contributed by atoms with Gasteiger partial charge in [-0.25, -0.2) is 9.98 Å². The Bertz CT molecular complexity index is 762. The van der Waals surface area contributed by atoms with Crippen molar-refractivity contribution < 1.29 is 5.11 Å². The first kappa shape index (κ1) is 11.9. The van der Waals surface area contributed by atoms with Crippen molar-refractivity contribution in [2.24, 2.45) is 4.99 Å². The molecule has 3 aromatic rings.